The zero-order chi connectivity index (χ0) is 29.9. The Hall–Kier alpha value is -4.24. The lowest BCUT2D eigenvalue weighted by Crippen LogP contribution is -2.73. The molecule has 5 rings (SSSR count). The summed E-state index contributed by atoms with van der Waals surface area (Å²) in [6, 6.07) is 25.0. The van der Waals surface area contributed by atoms with Crippen molar-refractivity contribution >= 4 is 17.9 Å². The number of carbonyl (C=O) groups is 3. The molecule has 43 heavy (non-hydrogen) atoms. The monoisotopic (exact) mass is 583 g/mol. The number of hydrogen-bond donors (Lipinski definition) is 2. The van der Waals surface area contributed by atoms with Gasteiger partial charge in [0.15, 0.2) is 0 Å². The van der Waals surface area contributed by atoms with E-state index in [2.05, 4.69) is 44.8 Å². The summed E-state index contributed by atoms with van der Waals surface area (Å²) in [6.45, 7) is 3.42. The van der Waals surface area contributed by atoms with Gasteiger partial charge in [-0.05, 0) is 55.4 Å². The molecule has 9 nitrogen and oxygen atoms in total. The third kappa shape index (κ3) is 7.99. The quantitative estimate of drug-likeness (QED) is 0.315. The van der Waals surface area contributed by atoms with Gasteiger partial charge in [-0.15, -0.1) is 0 Å². The molecule has 0 bridgehead atoms. The third-order valence-corrected chi connectivity index (χ3v) is 8.52. The van der Waals surface area contributed by atoms with Crippen LogP contribution < -0.4 is 10.6 Å². The van der Waals surface area contributed by atoms with Crippen molar-refractivity contribution in [3.05, 3.63) is 102 Å². The van der Waals surface area contributed by atoms with Crippen molar-refractivity contribution < 1.29 is 19.1 Å². The molecule has 0 unspecified atom stereocenters. The summed E-state index contributed by atoms with van der Waals surface area (Å²) in [5.41, 5.74) is 2.25. The van der Waals surface area contributed by atoms with Crippen molar-refractivity contribution in [1.82, 2.24) is 25.4 Å². The van der Waals surface area contributed by atoms with Crippen LogP contribution in [0.2, 0.25) is 0 Å². The lowest BCUT2D eigenvalue weighted by molar-refractivity contribution is -0.161. The SMILES string of the molecule is O=C(NCCC[C@@H]1NC(=O)C2(CCN(CCc3ccccc3)CC2)N(CCc2ccccn2)C1=O)OCc1ccccc1. The topological polar surface area (TPSA) is 104 Å². The Morgan fingerprint density at radius 1 is 0.907 bits per heavy atom. The Morgan fingerprint density at radius 3 is 2.30 bits per heavy atom. The van der Waals surface area contributed by atoms with Crippen molar-refractivity contribution in [3.8, 4) is 0 Å². The van der Waals surface area contributed by atoms with E-state index in [1.807, 2.05) is 59.5 Å². The van der Waals surface area contributed by atoms with E-state index < -0.39 is 17.7 Å². The molecule has 2 N–H and O–H groups in total. The average Bonchev–Trinajstić information content (AvgIpc) is 3.05. The minimum atomic E-state index is -0.856. The molecule has 3 heterocycles. The van der Waals surface area contributed by atoms with E-state index in [1.165, 1.54) is 5.56 Å². The highest BCUT2D eigenvalue weighted by molar-refractivity contribution is 6.00. The summed E-state index contributed by atoms with van der Waals surface area (Å²) >= 11 is 0. The van der Waals surface area contributed by atoms with Crippen LogP contribution in [0, 0.1) is 0 Å². The molecule has 3 aromatic rings. The van der Waals surface area contributed by atoms with E-state index in [0.29, 0.717) is 45.2 Å². The van der Waals surface area contributed by atoms with Gasteiger partial charge < -0.3 is 25.2 Å². The van der Waals surface area contributed by atoms with Crippen LogP contribution in [0.15, 0.2) is 85.1 Å². The lowest BCUT2D eigenvalue weighted by atomic mass is 9.81. The van der Waals surface area contributed by atoms with Crippen molar-refractivity contribution in [2.75, 3.05) is 32.7 Å². The van der Waals surface area contributed by atoms with Crippen LogP contribution in [-0.2, 0) is 33.8 Å². The van der Waals surface area contributed by atoms with Crippen LogP contribution in [0.25, 0.3) is 0 Å². The van der Waals surface area contributed by atoms with Gasteiger partial charge in [0.25, 0.3) is 0 Å². The second-order valence-electron chi connectivity index (χ2n) is 11.3. The first kappa shape index (κ1) is 30.2. The average molecular weight is 584 g/mol. The second kappa shape index (κ2) is 14.8. The maximum absolute atomic E-state index is 13.9. The fraction of sp³-hybridized carbons (Fsp3) is 0.412. The molecule has 2 aliphatic rings. The molecule has 0 radical (unpaired) electrons. The summed E-state index contributed by atoms with van der Waals surface area (Å²) in [5, 5.41) is 5.80. The zero-order valence-corrected chi connectivity index (χ0v) is 24.6. The predicted molar refractivity (Wildman–Crippen MR) is 164 cm³/mol. The molecule has 3 amide bonds. The van der Waals surface area contributed by atoms with E-state index >= 15 is 0 Å². The number of ether oxygens (including phenoxy) is 1. The third-order valence-electron chi connectivity index (χ3n) is 8.52. The van der Waals surface area contributed by atoms with Crippen molar-refractivity contribution in [1.29, 1.82) is 0 Å². The van der Waals surface area contributed by atoms with Crippen LogP contribution in [0.1, 0.15) is 42.5 Å². The van der Waals surface area contributed by atoms with Crippen LogP contribution in [0.4, 0.5) is 4.79 Å². The van der Waals surface area contributed by atoms with Crippen LogP contribution in [0.3, 0.4) is 0 Å². The number of benzene rings is 2. The number of hydrogen-bond acceptors (Lipinski definition) is 6. The fourth-order valence-corrected chi connectivity index (χ4v) is 6.01. The largest absolute Gasteiger partial charge is 0.445 e. The first-order chi connectivity index (χ1) is 21.0. The van der Waals surface area contributed by atoms with E-state index in [4.69, 9.17) is 4.74 Å². The van der Waals surface area contributed by atoms with Gasteiger partial charge in [-0.3, -0.25) is 14.6 Å². The highest BCUT2D eigenvalue weighted by atomic mass is 16.5. The summed E-state index contributed by atoms with van der Waals surface area (Å²) in [5.74, 6) is -0.129. The number of rotatable bonds is 12. The molecular weight excluding hydrogens is 542 g/mol. The van der Waals surface area contributed by atoms with Gasteiger partial charge in [0.1, 0.15) is 18.2 Å². The predicted octanol–water partition coefficient (Wildman–Crippen LogP) is 3.74. The van der Waals surface area contributed by atoms with Gasteiger partial charge in [0.2, 0.25) is 11.8 Å². The molecule has 2 aromatic carbocycles. The Labute approximate surface area is 253 Å². The standard InChI is InChI=1S/C34H41N5O4/c40-31-30(15-9-21-36-33(42)43-26-28-12-5-2-6-13-28)37-32(41)34(39(31)23-17-29-14-7-8-20-35-29)18-24-38(25-19-34)22-16-27-10-3-1-4-11-27/h1-8,10-14,20,30H,9,15-19,21-26H2,(H,36,42)(H,37,41)/t30-/m0/s1. The first-order valence-corrected chi connectivity index (χ1v) is 15.3. The maximum Gasteiger partial charge on any atom is 0.407 e. The fourth-order valence-electron chi connectivity index (χ4n) is 6.01. The normalized spacial score (nSPS) is 18.3. The van der Waals surface area contributed by atoms with Crippen LogP contribution in [0.5, 0.6) is 0 Å². The van der Waals surface area contributed by atoms with Gasteiger partial charge in [0, 0.05) is 51.0 Å². The Balaban J connectivity index is 1.16. The van der Waals surface area contributed by atoms with Gasteiger partial charge >= 0.3 is 6.09 Å². The highest BCUT2D eigenvalue weighted by Crippen LogP contribution is 2.34. The number of likely N-dealkylation sites (tertiary alicyclic amines) is 1. The molecule has 226 valence electrons. The molecule has 1 atom stereocenters. The molecule has 0 saturated carbocycles. The van der Waals surface area contributed by atoms with Crippen molar-refractivity contribution in [3.63, 3.8) is 0 Å². The zero-order valence-electron chi connectivity index (χ0n) is 24.6. The van der Waals surface area contributed by atoms with E-state index in [9.17, 15) is 14.4 Å². The molecule has 2 aliphatic heterocycles. The number of alkyl carbamates (subject to hydrolysis) is 1. The summed E-state index contributed by atoms with van der Waals surface area (Å²) < 4.78 is 5.27. The smallest absolute Gasteiger partial charge is 0.407 e. The summed E-state index contributed by atoms with van der Waals surface area (Å²) in [7, 11) is 0. The van der Waals surface area contributed by atoms with E-state index in [-0.39, 0.29) is 18.4 Å². The summed E-state index contributed by atoms with van der Waals surface area (Å²) in [4.78, 5) is 48.5. The molecular formula is C34H41N5O4. The van der Waals surface area contributed by atoms with Crippen LogP contribution >= 0.6 is 0 Å². The van der Waals surface area contributed by atoms with Crippen molar-refractivity contribution in [2.24, 2.45) is 0 Å². The minimum Gasteiger partial charge on any atom is -0.445 e. The molecule has 0 aliphatic carbocycles. The number of nitrogens with zero attached hydrogens (tertiary/aromatic N) is 3. The molecule has 2 fully saturated rings. The van der Waals surface area contributed by atoms with Crippen molar-refractivity contribution in [2.45, 2.75) is 56.7 Å². The highest BCUT2D eigenvalue weighted by Gasteiger charge is 2.53. The van der Waals surface area contributed by atoms with Gasteiger partial charge in [-0.1, -0.05) is 66.7 Å². The summed E-state index contributed by atoms with van der Waals surface area (Å²) in [6.07, 6.45) is 4.96. The molecule has 9 heteroatoms. The Kier molecular flexibility index (Phi) is 10.4. The number of aromatic nitrogens is 1. The molecule has 2 saturated heterocycles. The van der Waals surface area contributed by atoms with E-state index in [0.717, 1.165) is 37.3 Å². The molecule has 1 spiro atoms. The Bertz CT molecular complexity index is 1330. The minimum absolute atomic E-state index is 0.0556. The molecule has 1 aromatic heterocycles. The maximum atomic E-state index is 13.9. The Morgan fingerprint density at radius 2 is 1.60 bits per heavy atom. The van der Waals surface area contributed by atoms with Gasteiger partial charge in [-0.25, -0.2) is 4.79 Å². The number of pyridine rings is 1. The number of amides is 3. The number of piperazine rings is 1. The van der Waals surface area contributed by atoms with E-state index in [1.54, 1.807) is 6.20 Å². The second-order valence-corrected chi connectivity index (χ2v) is 11.3. The lowest BCUT2D eigenvalue weighted by Gasteiger charge is -2.51. The van der Waals surface area contributed by atoms with Gasteiger partial charge in [-0.2, -0.15) is 0 Å². The number of nitrogens with one attached hydrogen (secondary N) is 2. The number of carbonyl (C=O) groups excluding carboxylic acids is 3. The van der Waals surface area contributed by atoms with Crippen LogP contribution in [-0.4, -0.2) is 77.0 Å². The number of piperidine rings is 1. The van der Waals surface area contributed by atoms with Gasteiger partial charge in [0.05, 0.1) is 0 Å². The first-order valence-electron chi connectivity index (χ1n) is 15.3.